The largest absolute Gasteiger partial charge is 0.494 e. The Bertz CT molecular complexity index is 1050. The maximum absolute atomic E-state index is 12.3. The summed E-state index contributed by atoms with van der Waals surface area (Å²) in [4.78, 5) is 32.5. The quantitative estimate of drug-likeness (QED) is 0.464. The number of nitro groups is 2. The monoisotopic (exact) mass is 399 g/mol. The molecule has 0 aliphatic rings. The van der Waals surface area contributed by atoms with Crippen LogP contribution in [0, 0.1) is 20.2 Å². The Morgan fingerprint density at radius 3 is 2.24 bits per heavy atom. The lowest BCUT2D eigenvalue weighted by molar-refractivity contribution is -0.394. The molecule has 0 aliphatic carbocycles. The molecular formula is C17H13N5O7. The first-order valence-corrected chi connectivity index (χ1v) is 8.19. The van der Waals surface area contributed by atoms with Crippen LogP contribution in [0.25, 0.3) is 11.5 Å². The van der Waals surface area contributed by atoms with E-state index in [4.69, 9.17) is 9.15 Å². The van der Waals surface area contributed by atoms with Crippen LogP contribution < -0.4 is 10.1 Å². The molecule has 148 valence electrons. The molecule has 1 aromatic heterocycles. The molecule has 0 fully saturated rings. The first kappa shape index (κ1) is 19.4. The zero-order valence-electron chi connectivity index (χ0n) is 14.9. The summed E-state index contributed by atoms with van der Waals surface area (Å²) in [5, 5.41) is 31.6. The molecule has 0 spiro atoms. The molecular weight excluding hydrogens is 386 g/mol. The summed E-state index contributed by atoms with van der Waals surface area (Å²) in [6.45, 7) is 2.38. The molecule has 0 saturated heterocycles. The topological polar surface area (TPSA) is 164 Å². The number of nitrogens with zero attached hydrogens (tertiary/aromatic N) is 4. The number of hydrogen-bond donors (Lipinski definition) is 1. The van der Waals surface area contributed by atoms with Crippen molar-refractivity contribution in [1.82, 2.24) is 10.2 Å². The van der Waals surface area contributed by atoms with E-state index < -0.39 is 27.1 Å². The van der Waals surface area contributed by atoms with Gasteiger partial charge in [0.25, 0.3) is 17.3 Å². The summed E-state index contributed by atoms with van der Waals surface area (Å²) in [5.41, 5.74) is -0.908. The van der Waals surface area contributed by atoms with E-state index >= 15 is 0 Å². The van der Waals surface area contributed by atoms with Gasteiger partial charge in [-0.2, -0.15) is 0 Å². The number of aromatic nitrogens is 2. The fraction of sp³-hybridized carbons (Fsp3) is 0.118. The highest BCUT2D eigenvalue weighted by molar-refractivity contribution is 6.04. The van der Waals surface area contributed by atoms with Gasteiger partial charge in [0, 0.05) is 17.7 Å². The Kier molecular flexibility index (Phi) is 5.44. The minimum atomic E-state index is -0.876. The van der Waals surface area contributed by atoms with Gasteiger partial charge in [-0.05, 0) is 31.2 Å². The lowest BCUT2D eigenvalue weighted by atomic mass is 10.1. The highest BCUT2D eigenvalue weighted by atomic mass is 16.6. The zero-order chi connectivity index (χ0) is 21.0. The molecule has 1 heterocycles. The van der Waals surface area contributed by atoms with Crippen molar-refractivity contribution in [3.8, 4) is 17.2 Å². The van der Waals surface area contributed by atoms with E-state index in [9.17, 15) is 25.0 Å². The number of nitrogens with one attached hydrogen (secondary N) is 1. The van der Waals surface area contributed by atoms with Crippen LogP contribution in [0.15, 0.2) is 46.9 Å². The molecule has 0 radical (unpaired) electrons. The van der Waals surface area contributed by atoms with Gasteiger partial charge >= 0.3 is 6.01 Å². The van der Waals surface area contributed by atoms with Gasteiger partial charge < -0.3 is 9.15 Å². The van der Waals surface area contributed by atoms with E-state index in [-0.39, 0.29) is 17.5 Å². The molecule has 29 heavy (non-hydrogen) atoms. The number of ether oxygens (including phenoxy) is 1. The number of non-ortho nitro benzene ring substituents is 2. The maximum Gasteiger partial charge on any atom is 0.322 e. The smallest absolute Gasteiger partial charge is 0.322 e. The van der Waals surface area contributed by atoms with Crippen molar-refractivity contribution < 1.29 is 23.8 Å². The number of carbonyl (C=O) groups excluding carboxylic acids is 1. The first-order valence-electron chi connectivity index (χ1n) is 8.19. The maximum atomic E-state index is 12.3. The zero-order valence-corrected chi connectivity index (χ0v) is 14.9. The van der Waals surface area contributed by atoms with Crippen LogP contribution in [0.3, 0.4) is 0 Å². The molecule has 3 rings (SSSR count). The summed E-state index contributed by atoms with van der Waals surface area (Å²) < 4.78 is 10.7. The van der Waals surface area contributed by atoms with E-state index in [1.165, 1.54) is 0 Å². The molecule has 0 unspecified atom stereocenters. The van der Waals surface area contributed by atoms with E-state index in [0.29, 0.717) is 17.9 Å². The molecule has 12 heteroatoms. The van der Waals surface area contributed by atoms with Crippen molar-refractivity contribution in [1.29, 1.82) is 0 Å². The second-order valence-electron chi connectivity index (χ2n) is 5.58. The molecule has 12 nitrogen and oxygen atoms in total. The number of amides is 1. The Labute approximate surface area is 162 Å². The predicted octanol–water partition coefficient (Wildman–Crippen LogP) is 3.20. The number of carbonyl (C=O) groups is 1. The Morgan fingerprint density at radius 1 is 1.07 bits per heavy atom. The third-order valence-electron chi connectivity index (χ3n) is 3.64. The van der Waals surface area contributed by atoms with Crippen LogP contribution in [-0.4, -0.2) is 32.6 Å². The van der Waals surface area contributed by atoms with Crippen LogP contribution in [-0.2, 0) is 0 Å². The van der Waals surface area contributed by atoms with Gasteiger partial charge in [0.05, 0.1) is 28.1 Å². The van der Waals surface area contributed by atoms with Gasteiger partial charge in [-0.3, -0.25) is 30.3 Å². The summed E-state index contributed by atoms with van der Waals surface area (Å²) in [6, 6.07) is 9.11. The molecule has 2 aromatic carbocycles. The van der Waals surface area contributed by atoms with E-state index in [1.807, 2.05) is 6.92 Å². The summed E-state index contributed by atoms with van der Waals surface area (Å²) in [6.07, 6.45) is 0. The summed E-state index contributed by atoms with van der Waals surface area (Å²) >= 11 is 0. The normalized spacial score (nSPS) is 10.4. The van der Waals surface area contributed by atoms with Crippen LogP contribution in [0.5, 0.6) is 5.75 Å². The van der Waals surface area contributed by atoms with Crippen LogP contribution >= 0.6 is 0 Å². The van der Waals surface area contributed by atoms with E-state index in [0.717, 1.165) is 18.2 Å². The predicted molar refractivity (Wildman–Crippen MR) is 98.6 cm³/mol. The average molecular weight is 399 g/mol. The van der Waals surface area contributed by atoms with Crippen molar-refractivity contribution in [3.05, 3.63) is 68.3 Å². The van der Waals surface area contributed by atoms with Gasteiger partial charge in [0.15, 0.2) is 0 Å². The van der Waals surface area contributed by atoms with Crippen LogP contribution in [0.4, 0.5) is 17.4 Å². The standard InChI is InChI=1S/C17H13N5O7/c1-2-28-14-5-3-10(4-6-14)16-19-20-17(29-16)18-15(23)11-7-12(21(24)25)9-13(8-11)22(26)27/h3-9H,2H2,1H3,(H,18,20,23). The van der Waals surface area contributed by atoms with Crippen LogP contribution in [0.1, 0.15) is 17.3 Å². The fourth-order valence-electron chi connectivity index (χ4n) is 2.36. The number of rotatable bonds is 7. The van der Waals surface area contributed by atoms with Crippen molar-refractivity contribution in [2.45, 2.75) is 6.92 Å². The number of hydrogen-bond acceptors (Lipinski definition) is 9. The van der Waals surface area contributed by atoms with Gasteiger partial charge in [0.2, 0.25) is 5.89 Å². The fourth-order valence-corrected chi connectivity index (χ4v) is 2.36. The van der Waals surface area contributed by atoms with Gasteiger partial charge in [-0.25, -0.2) is 0 Å². The number of benzene rings is 2. The molecule has 0 saturated carbocycles. The van der Waals surface area contributed by atoms with Gasteiger partial charge in [-0.15, -0.1) is 5.10 Å². The van der Waals surface area contributed by atoms with Gasteiger partial charge in [0.1, 0.15) is 5.75 Å². The summed E-state index contributed by atoms with van der Waals surface area (Å²) in [7, 11) is 0. The first-order chi connectivity index (χ1) is 13.9. The minimum Gasteiger partial charge on any atom is -0.494 e. The molecule has 1 amide bonds. The Morgan fingerprint density at radius 2 is 1.69 bits per heavy atom. The Balaban J connectivity index is 1.80. The third-order valence-corrected chi connectivity index (χ3v) is 3.64. The minimum absolute atomic E-state index is 0.119. The molecule has 0 bridgehead atoms. The molecule has 1 N–H and O–H groups in total. The number of nitro benzene ring substituents is 2. The third kappa shape index (κ3) is 4.50. The second-order valence-corrected chi connectivity index (χ2v) is 5.58. The highest BCUT2D eigenvalue weighted by Crippen LogP contribution is 2.25. The van der Waals surface area contributed by atoms with E-state index in [2.05, 4.69) is 15.5 Å². The van der Waals surface area contributed by atoms with Crippen molar-refractivity contribution in [2.24, 2.45) is 0 Å². The average Bonchev–Trinajstić information content (AvgIpc) is 3.16. The lowest BCUT2D eigenvalue weighted by Gasteiger charge is -2.02. The van der Waals surface area contributed by atoms with Crippen molar-refractivity contribution in [3.63, 3.8) is 0 Å². The highest BCUT2D eigenvalue weighted by Gasteiger charge is 2.21. The van der Waals surface area contributed by atoms with Crippen LogP contribution in [0.2, 0.25) is 0 Å². The molecule has 0 atom stereocenters. The molecule has 0 aliphatic heterocycles. The lowest BCUT2D eigenvalue weighted by Crippen LogP contribution is -2.13. The number of anilines is 1. The summed E-state index contributed by atoms with van der Waals surface area (Å²) in [5.74, 6) is -0.0939. The second kappa shape index (κ2) is 8.12. The van der Waals surface area contributed by atoms with Crippen molar-refractivity contribution in [2.75, 3.05) is 11.9 Å². The van der Waals surface area contributed by atoms with E-state index in [1.54, 1.807) is 24.3 Å². The van der Waals surface area contributed by atoms with Crippen molar-refractivity contribution >= 4 is 23.3 Å². The SMILES string of the molecule is CCOc1ccc(-c2nnc(NC(=O)c3cc([N+](=O)[O-])cc([N+](=O)[O-])c3)o2)cc1. The van der Waals surface area contributed by atoms with Gasteiger partial charge in [-0.1, -0.05) is 5.10 Å². The molecule has 3 aromatic rings. The Hall–Kier alpha value is -4.35.